The van der Waals surface area contributed by atoms with E-state index in [4.69, 9.17) is 20.2 Å². The van der Waals surface area contributed by atoms with Gasteiger partial charge in [0.05, 0.1) is 45.0 Å². The number of rotatable bonds is 7. The van der Waals surface area contributed by atoms with Gasteiger partial charge >= 0.3 is 0 Å². The van der Waals surface area contributed by atoms with Crippen molar-refractivity contribution in [2.45, 2.75) is 174 Å². The van der Waals surface area contributed by atoms with Gasteiger partial charge in [-0.05, 0) is 487 Å². The summed E-state index contributed by atoms with van der Waals surface area (Å²) in [5.74, 6) is 0. The van der Waals surface area contributed by atoms with Crippen LogP contribution in [0.5, 0.6) is 0 Å². The van der Waals surface area contributed by atoms with Gasteiger partial charge in [0.1, 0.15) is 0 Å². The minimum Gasteiger partial charge on any atom is -0.354 e. The number of fused-ring (bicyclic) bond motifs is 8. The second-order valence-corrected chi connectivity index (χ2v) is 53.5. The smallest absolute Gasteiger partial charge is 0.0857 e. The number of likely N-dealkylation sites (tertiary alicyclic amines) is 1. The van der Waals surface area contributed by atoms with Gasteiger partial charge in [-0.15, -0.1) is 0 Å². The molecule has 0 saturated carbocycles. The Hall–Kier alpha value is -15.3. The maximum absolute atomic E-state index is 5.99. The average Bonchev–Trinajstić information content (AvgIpc) is 1.38. The van der Waals surface area contributed by atoms with E-state index in [-0.39, 0.29) is 38.5 Å². The van der Waals surface area contributed by atoms with Crippen molar-refractivity contribution in [2.24, 2.45) is 10.2 Å². The molecule has 0 amide bonds. The first-order valence-corrected chi connectivity index (χ1v) is 53.0. The Bertz CT molecular complexity index is 12000. The molecule has 7 heteroatoms. The molecule has 670 valence electrons. The summed E-state index contributed by atoms with van der Waals surface area (Å²) in [6.07, 6.45) is 9.06. The molecule has 1 fully saturated rings. The van der Waals surface area contributed by atoms with Gasteiger partial charge in [0.2, 0.25) is 0 Å². The van der Waals surface area contributed by atoms with E-state index in [2.05, 4.69) is 298 Å². The fraction of sp³-hybridized carbons (Fsp3) is 0.212. The lowest BCUT2D eigenvalue weighted by atomic mass is 9.47. The van der Waals surface area contributed by atoms with E-state index in [9.17, 15) is 0 Å². The zero-order valence-electron chi connectivity index (χ0n) is 83.5. The van der Waals surface area contributed by atoms with E-state index in [1.165, 1.54) is 38.9 Å². The summed E-state index contributed by atoms with van der Waals surface area (Å²) in [6.45, 7) is 43.1. The first-order chi connectivity index (χ1) is 69.2. The van der Waals surface area contributed by atoms with Gasteiger partial charge in [-0.3, -0.25) is 4.90 Å². The highest BCUT2D eigenvalue weighted by molar-refractivity contribution is 6.82. The van der Waals surface area contributed by atoms with Crippen LogP contribution < -0.4 is 0 Å². The molecule has 8 bridgehead atoms. The van der Waals surface area contributed by atoms with Gasteiger partial charge in [0.15, 0.2) is 0 Å². The molecular formula is C137H87N7. The molecule has 1 unspecified atom stereocenters. The summed E-state index contributed by atoms with van der Waals surface area (Å²) in [7, 11) is 2.58. The van der Waals surface area contributed by atoms with Crippen molar-refractivity contribution in [1.29, 1.82) is 0 Å². The van der Waals surface area contributed by atoms with Crippen LogP contribution in [0.2, 0.25) is 0 Å². The number of benzene rings is 23. The number of nitrogens with zero attached hydrogens (tertiary/aromatic N) is 5. The monoisotopic (exact) mass is 1830 g/mol. The Morgan fingerprint density at radius 3 is 0.646 bits per heavy atom. The molecule has 7 aliphatic rings. The largest absolute Gasteiger partial charge is 0.354 e. The van der Waals surface area contributed by atoms with Crippen LogP contribution >= 0.6 is 0 Å². The third-order valence-corrected chi connectivity index (χ3v) is 41.2. The molecule has 7 nitrogen and oxygen atoms in total. The second-order valence-electron chi connectivity index (χ2n) is 53.5. The quantitative estimate of drug-likeness (QED) is 0.123. The summed E-state index contributed by atoms with van der Waals surface area (Å²) >= 11 is 0. The van der Waals surface area contributed by atoms with E-state index >= 15 is 0 Å². The Morgan fingerprint density at radius 1 is 0.236 bits per heavy atom. The first kappa shape index (κ1) is 72.9. The van der Waals surface area contributed by atoms with Crippen LogP contribution in [0.25, 0.3) is 382 Å². The van der Waals surface area contributed by atoms with E-state index < -0.39 is 10.8 Å². The molecule has 2 N–H and O–H groups in total. The van der Waals surface area contributed by atoms with E-state index in [0.29, 0.717) is 0 Å². The minimum absolute atomic E-state index is 0.0136. The summed E-state index contributed by atoms with van der Waals surface area (Å²) in [5.41, 5.74) is 31.7. The van der Waals surface area contributed by atoms with Gasteiger partial charge in [-0.2, -0.15) is 10.2 Å². The number of H-pyrrole nitrogens is 2. The van der Waals surface area contributed by atoms with Gasteiger partial charge in [0, 0.05) is 56.9 Å². The lowest BCUT2D eigenvalue weighted by Crippen LogP contribution is -2.51. The standard InChI is InChI=1S/C137H87N7/c1-130(2,3)51-36-48(37-52(42-51)131(4,5)6)68-61-30-28-59(138-61)67(60-29-31-62(139-60)69(49-38-53(132(7,8)9)43-54(39-49)133(10,11)12)64-33-35-66(141-64)70(65-34-32-63(68)140-65)50-40-55(134(13,14)15)44-56(41-50)135(16,17)18)46-20-24-57(25-21-46)142-143-58-26-22-47(23-27-58)129-137-127-121-115-105-93-85-77-73-71-72-75-79(77)87(93)97-91-83(75)84-76(72)80-78-74(71)82-81(73)89-95(85)103-109-99(89)100-90(82)96-86(78)94-88(80)98-92(84)102-101(91)113(107(97)115)123(127)124-114(102)108(98)116-106(94)112-104(96)110(100)118-117(109)125(119(121)111(103)105)136(137,45-144(129)19)126(118)120(112)122(116)128(124)137/h20-44,129,138,141H,45H2,1-19H3. The molecule has 144 heavy (non-hydrogen) atoms. The number of aromatic amines is 2. The molecule has 6 heterocycles. The number of aromatic nitrogens is 4. The second kappa shape index (κ2) is 20.1. The number of likely N-dealkylation sites (N-methyl/N-ethyl adjacent to an activating group) is 1. The normalized spacial score (nSPS) is 18.8. The van der Waals surface area contributed by atoms with Crippen LogP contribution in [0.3, 0.4) is 0 Å². The Kier molecular flexibility index (Phi) is 10.2. The summed E-state index contributed by atoms with van der Waals surface area (Å²) < 4.78 is 0. The van der Waals surface area contributed by atoms with E-state index in [0.717, 1.165) is 107 Å². The molecule has 36 aromatic rings. The van der Waals surface area contributed by atoms with Crippen molar-refractivity contribution >= 4 is 349 Å². The van der Waals surface area contributed by atoms with Crippen molar-refractivity contribution in [3.8, 4) is 44.5 Å². The maximum atomic E-state index is 5.99. The van der Waals surface area contributed by atoms with E-state index in [1.807, 2.05) is 0 Å². The van der Waals surface area contributed by atoms with Gasteiger partial charge < -0.3 is 9.97 Å². The van der Waals surface area contributed by atoms with E-state index in [1.54, 1.807) is 313 Å². The molecule has 3 aromatic heterocycles. The van der Waals surface area contributed by atoms with Crippen LogP contribution in [-0.4, -0.2) is 38.4 Å². The van der Waals surface area contributed by atoms with Crippen LogP contribution in [0.4, 0.5) is 11.4 Å². The highest BCUT2D eigenvalue weighted by Gasteiger charge is 2.76. The maximum Gasteiger partial charge on any atom is 0.0857 e. The van der Waals surface area contributed by atoms with Crippen molar-refractivity contribution in [1.82, 2.24) is 24.8 Å². The molecular weight excluding hydrogens is 1740 g/mol. The van der Waals surface area contributed by atoms with Crippen LogP contribution in [-0.2, 0) is 43.3 Å². The number of nitrogens with one attached hydrogen (secondary N) is 2. The number of hydrogen-bond acceptors (Lipinski definition) is 5. The molecule has 43 rings (SSSR count). The van der Waals surface area contributed by atoms with Crippen molar-refractivity contribution < 1.29 is 0 Å². The highest BCUT2D eigenvalue weighted by Crippen LogP contribution is 2.88. The number of azo groups is 1. The highest BCUT2D eigenvalue weighted by atomic mass is 15.2. The SMILES string of the molecule is CN1CC23c4c5c6c7c8c9c(c%10c%11c2c2c4c4c%12c5c5c6c6c8c8c%13c9c9c%10c%10c%11c%11c2c2c4c4c%12c%12c5c5c6c8c6c8c%13c9c9c%10c%10c%11c2c2c4c4c%12c5c6c5c8c9c%10c2c45)C73C1c1ccc(N=Nc2ccc(-c3c4nc(c(-c5cc(C(C)(C)C)cc(C(C)(C)C)c5)c5ccc([nH]5)c(-c5cc(C(C)(C)C)cc(C(C)(C)C)c5)c5nc(c(-c6cc(C(C)(C)C)cc(C(C)(C)C)c6)c6ccc3[nH]6)C=C5)C=C4)cc2)cc1. The Morgan fingerprint density at radius 2 is 0.431 bits per heavy atom. The zero-order chi connectivity index (χ0) is 94.7. The van der Waals surface area contributed by atoms with Crippen LogP contribution in [0.1, 0.15) is 215 Å². The fourth-order valence-corrected chi connectivity index (χ4v) is 36.4. The summed E-state index contributed by atoms with van der Waals surface area (Å²) in [4.78, 5) is 23.3. The molecule has 4 aliphatic carbocycles. The molecule has 0 radical (unpaired) electrons. The Labute approximate surface area is 821 Å². The first-order valence-electron chi connectivity index (χ1n) is 53.0. The summed E-state index contributed by atoms with van der Waals surface area (Å²) in [5, 5.41) is 98.9. The molecule has 33 aromatic carbocycles. The zero-order valence-corrected chi connectivity index (χ0v) is 83.5. The molecule has 2 spiro atoms. The molecule has 1 saturated heterocycles. The predicted octanol–water partition coefficient (Wildman–Crippen LogP) is 37.8. The minimum atomic E-state index is -0.483. The van der Waals surface area contributed by atoms with Crippen molar-refractivity contribution in [2.75, 3.05) is 13.6 Å². The summed E-state index contributed by atoms with van der Waals surface area (Å²) in [6, 6.07) is 49.6. The van der Waals surface area contributed by atoms with Gasteiger partial charge in [0.25, 0.3) is 0 Å². The van der Waals surface area contributed by atoms with Crippen LogP contribution in [0, 0.1) is 0 Å². The van der Waals surface area contributed by atoms with Gasteiger partial charge in [-0.25, -0.2) is 9.97 Å². The predicted molar refractivity (Wildman–Crippen MR) is 613 cm³/mol. The lowest BCUT2D eigenvalue weighted by molar-refractivity contribution is 0.271. The Balaban J connectivity index is 0.523. The van der Waals surface area contributed by atoms with Crippen molar-refractivity contribution in [3.05, 3.63) is 211 Å². The topological polar surface area (TPSA) is 85.3 Å². The van der Waals surface area contributed by atoms with Crippen molar-refractivity contribution in [3.63, 3.8) is 0 Å². The fourth-order valence-electron chi connectivity index (χ4n) is 36.4. The average molecular weight is 1830 g/mol. The third-order valence-electron chi connectivity index (χ3n) is 41.2. The van der Waals surface area contributed by atoms with Crippen LogP contribution in [0.15, 0.2) is 138 Å². The molecule has 1 atom stereocenters. The third kappa shape index (κ3) is 6.44. The number of hydrogen-bond donors (Lipinski definition) is 2. The lowest BCUT2D eigenvalue weighted by Gasteiger charge is -2.52. The van der Waals surface area contributed by atoms with Gasteiger partial charge in [-0.1, -0.05) is 203 Å². The molecule has 3 aliphatic heterocycles.